The molecule has 0 fully saturated rings. The van der Waals surface area contributed by atoms with E-state index in [2.05, 4.69) is 10.6 Å². The quantitative estimate of drug-likeness (QED) is 0.789. The standard InChI is InChI=1S/C17H14ClF3N2O3/c1-26-12-5-2-10(3-6-12)9-22-15(24)16(25)23-11-4-7-14(18)13(8-11)17(19,20)21/h2-8H,9H2,1H3,(H,22,24)(H,23,25). The van der Waals surface area contributed by atoms with E-state index in [4.69, 9.17) is 16.3 Å². The second-order valence-corrected chi connectivity index (χ2v) is 5.58. The van der Waals surface area contributed by atoms with Crippen LogP contribution in [-0.4, -0.2) is 18.9 Å². The Kier molecular flexibility index (Phi) is 6.10. The van der Waals surface area contributed by atoms with Gasteiger partial charge in [0.2, 0.25) is 0 Å². The highest BCUT2D eigenvalue weighted by Crippen LogP contribution is 2.36. The molecule has 0 unspecified atom stereocenters. The van der Waals surface area contributed by atoms with Gasteiger partial charge in [-0.05, 0) is 35.9 Å². The number of carbonyl (C=O) groups excluding carboxylic acids is 2. The summed E-state index contributed by atoms with van der Waals surface area (Å²) in [6.07, 6.45) is -4.67. The Morgan fingerprint density at radius 3 is 2.31 bits per heavy atom. The number of methoxy groups -OCH3 is 1. The number of halogens is 4. The second kappa shape index (κ2) is 8.09. The predicted octanol–water partition coefficient (Wildman–Crippen LogP) is 3.62. The van der Waals surface area contributed by atoms with Crippen LogP contribution >= 0.6 is 11.6 Å². The van der Waals surface area contributed by atoms with E-state index in [1.165, 1.54) is 13.2 Å². The first-order valence-electron chi connectivity index (χ1n) is 7.29. The molecule has 0 atom stereocenters. The Balaban J connectivity index is 1.97. The van der Waals surface area contributed by atoms with Crippen LogP contribution in [0.3, 0.4) is 0 Å². The maximum absolute atomic E-state index is 12.8. The molecule has 2 rings (SSSR count). The normalized spacial score (nSPS) is 11.0. The third-order valence-corrected chi connectivity index (χ3v) is 3.68. The van der Waals surface area contributed by atoms with Crippen molar-refractivity contribution in [2.24, 2.45) is 0 Å². The summed E-state index contributed by atoms with van der Waals surface area (Å²) in [6.45, 7) is 0.0741. The van der Waals surface area contributed by atoms with Gasteiger partial charge in [-0.1, -0.05) is 23.7 Å². The zero-order chi connectivity index (χ0) is 19.3. The van der Waals surface area contributed by atoms with E-state index >= 15 is 0 Å². The highest BCUT2D eigenvalue weighted by molar-refractivity contribution is 6.39. The van der Waals surface area contributed by atoms with Crippen molar-refractivity contribution in [3.8, 4) is 5.75 Å². The van der Waals surface area contributed by atoms with Gasteiger partial charge in [0.1, 0.15) is 5.75 Å². The number of benzene rings is 2. The van der Waals surface area contributed by atoms with Gasteiger partial charge in [0.15, 0.2) is 0 Å². The molecule has 26 heavy (non-hydrogen) atoms. The molecule has 0 saturated carbocycles. The zero-order valence-corrected chi connectivity index (χ0v) is 14.2. The fraction of sp³-hybridized carbons (Fsp3) is 0.176. The van der Waals surface area contributed by atoms with Gasteiger partial charge in [-0.2, -0.15) is 13.2 Å². The molecule has 0 heterocycles. The van der Waals surface area contributed by atoms with Crippen LogP contribution in [0.2, 0.25) is 5.02 Å². The fourth-order valence-corrected chi connectivity index (χ4v) is 2.24. The molecule has 2 aromatic carbocycles. The van der Waals surface area contributed by atoms with Crippen LogP contribution in [0.15, 0.2) is 42.5 Å². The molecule has 0 bridgehead atoms. The molecule has 0 saturated heterocycles. The van der Waals surface area contributed by atoms with Gasteiger partial charge in [0.25, 0.3) is 0 Å². The van der Waals surface area contributed by atoms with Crippen LogP contribution in [0.4, 0.5) is 18.9 Å². The van der Waals surface area contributed by atoms with Crippen molar-refractivity contribution < 1.29 is 27.5 Å². The molecule has 2 aromatic rings. The third-order valence-electron chi connectivity index (χ3n) is 3.35. The van der Waals surface area contributed by atoms with Gasteiger partial charge >= 0.3 is 18.0 Å². The fourth-order valence-electron chi connectivity index (χ4n) is 2.01. The van der Waals surface area contributed by atoms with Crippen molar-refractivity contribution in [3.63, 3.8) is 0 Å². The molecule has 0 spiro atoms. The first-order chi connectivity index (χ1) is 12.2. The minimum absolute atomic E-state index is 0.0741. The molecular weight excluding hydrogens is 373 g/mol. The summed E-state index contributed by atoms with van der Waals surface area (Å²) < 4.78 is 43.4. The van der Waals surface area contributed by atoms with E-state index in [0.29, 0.717) is 11.8 Å². The van der Waals surface area contributed by atoms with Crippen LogP contribution in [-0.2, 0) is 22.3 Å². The lowest BCUT2D eigenvalue weighted by Crippen LogP contribution is -2.35. The second-order valence-electron chi connectivity index (χ2n) is 5.18. The summed E-state index contributed by atoms with van der Waals surface area (Å²) in [6, 6.07) is 9.61. The number of rotatable bonds is 4. The molecule has 0 aliphatic heterocycles. The SMILES string of the molecule is COc1ccc(CNC(=O)C(=O)Nc2ccc(Cl)c(C(F)(F)F)c2)cc1. The number of hydrogen-bond donors (Lipinski definition) is 2. The van der Waals surface area contributed by atoms with E-state index in [1.54, 1.807) is 24.3 Å². The molecule has 0 radical (unpaired) electrons. The minimum atomic E-state index is -4.67. The molecule has 138 valence electrons. The molecule has 0 aromatic heterocycles. The average molecular weight is 387 g/mol. The number of ether oxygens (including phenoxy) is 1. The Labute approximate surface area is 152 Å². The molecule has 0 aliphatic carbocycles. The summed E-state index contributed by atoms with van der Waals surface area (Å²) in [5, 5.41) is 3.98. The van der Waals surface area contributed by atoms with Crippen molar-refractivity contribution in [2.75, 3.05) is 12.4 Å². The van der Waals surface area contributed by atoms with Crippen LogP contribution in [0.25, 0.3) is 0 Å². The van der Waals surface area contributed by atoms with Crippen LogP contribution < -0.4 is 15.4 Å². The summed E-state index contributed by atoms with van der Waals surface area (Å²) in [7, 11) is 1.52. The highest BCUT2D eigenvalue weighted by Gasteiger charge is 2.33. The van der Waals surface area contributed by atoms with Gasteiger partial charge in [-0.25, -0.2) is 0 Å². The van der Waals surface area contributed by atoms with E-state index in [9.17, 15) is 22.8 Å². The van der Waals surface area contributed by atoms with Crippen molar-refractivity contribution >= 4 is 29.1 Å². The van der Waals surface area contributed by atoms with E-state index < -0.39 is 28.6 Å². The first-order valence-corrected chi connectivity index (χ1v) is 7.67. The number of nitrogens with one attached hydrogen (secondary N) is 2. The van der Waals surface area contributed by atoms with Crippen molar-refractivity contribution in [3.05, 3.63) is 58.6 Å². The lowest BCUT2D eigenvalue weighted by molar-refractivity contribution is -0.137. The van der Waals surface area contributed by atoms with E-state index in [1.807, 2.05) is 0 Å². The minimum Gasteiger partial charge on any atom is -0.497 e. The number of alkyl halides is 3. The summed E-state index contributed by atoms with van der Waals surface area (Å²) >= 11 is 5.50. The molecular formula is C17H14ClF3N2O3. The van der Waals surface area contributed by atoms with Crippen molar-refractivity contribution in [1.82, 2.24) is 5.32 Å². The molecule has 0 aliphatic rings. The van der Waals surface area contributed by atoms with Crippen molar-refractivity contribution in [2.45, 2.75) is 12.7 Å². The number of hydrogen-bond acceptors (Lipinski definition) is 3. The van der Waals surface area contributed by atoms with Crippen molar-refractivity contribution in [1.29, 1.82) is 0 Å². The average Bonchev–Trinajstić information content (AvgIpc) is 2.60. The molecule has 2 N–H and O–H groups in total. The van der Waals surface area contributed by atoms with Crippen LogP contribution in [0.1, 0.15) is 11.1 Å². The van der Waals surface area contributed by atoms with E-state index in [0.717, 1.165) is 11.6 Å². The first kappa shape index (κ1) is 19.6. The Morgan fingerprint density at radius 2 is 1.73 bits per heavy atom. The maximum atomic E-state index is 12.8. The number of amides is 2. The Hall–Kier alpha value is -2.74. The zero-order valence-electron chi connectivity index (χ0n) is 13.5. The predicted molar refractivity (Wildman–Crippen MR) is 89.9 cm³/mol. The van der Waals surface area contributed by atoms with Crippen LogP contribution in [0, 0.1) is 0 Å². The van der Waals surface area contributed by atoms with Gasteiger partial charge in [-0.3, -0.25) is 9.59 Å². The lowest BCUT2D eigenvalue weighted by atomic mass is 10.2. The number of carbonyl (C=O) groups is 2. The maximum Gasteiger partial charge on any atom is 0.417 e. The highest BCUT2D eigenvalue weighted by atomic mass is 35.5. The molecule has 5 nitrogen and oxygen atoms in total. The van der Waals surface area contributed by atoms with E-state index in [-0.39, 0.29) is 12.2 Å². The number of anilines is 1. The van der Waals surface area contributed by atoms with Gasteiger partial charge in [0, 0.05) is 12.2 Å². The van der Waals surface area contributed by atoms with Gasteiger partial charge in [-0.15, -0.1) is 0 Å². The summed E-state index contributed by atoms with van der Waals surface area (Å²) in [5.41, 5.74) is -0.570. The molecule has 2 amide bonds. The van der Waals surface area contributed by atoms with Crippen LogP contribution in [0.5, 0.6) is 5.75 Å². The van der Waals surface area contributed by atoms with Gasteiger partial charge in [0.05, 0.1) is 17.7 Å². The topological polar surface area (TPSA) is 67.4 Å². The summed E-state index contributed by atoms with van der Waals surface area (Å²) in [4.78, 5) is 23.6. The Morgan fingerprint density at radius 1 is 1.08 bits per heavy atom. The lowest BCUT2D eigenvalue weighted by Gasteiger charge is -2.12. The summed E-state index contributed by atoms with van der Waals surface area (Å²) in [5.74, 6) is -1.43. The molecule has 9 heteroatoms. The Bertz CT molecular complexity index is 808. The third kappa shape index (κ3) is 5.13. The monoisotopic (exact) mass is 386 g/mol. The smallest absolute Gasteiger partial charge is 0.417 e. The van der Waals surface area contributed by atoms with Gasteiger partial charge < -0.3 is 15.4 Å². The largest absolute Gasteiger partial charge is 0.497 e.